The molecule has 0 aromatic rings. The van der Waals surface area contributed by atoms with Crippen LogP contribution in [0.25, 0.3) is 0 Å². The maximum atomic E-state index is 2.51. The summed E-state index contributed by atoms with van der Waals surface area (Å²) in [7, 11) is 0. The Morgan fingerprint density at radius 3 is 1.33 bits per heavy atom. The van der Waals surface area contributed by atoms with Crippen molar-refractivity contribution < 1.29 is 0 Å². The average molecular weight is 252 g/mol. The molecule has 0 N–H and O–H groups in total. The molecular weight excluding hydrogens is 216 g/mol. The molecule has 0 aromatic carbocycles. The molecule has 1 saturated carbocycles. The molecule has 0 heteroatoms. The van der Waals surface area contributed by atoms with Gasteiger partial charge in [-0.3, -0.25) is 0 Å². The van der Waals surface area contributed by atoms with Crippen molar-refractivity contribution in [2.75, 3.05) is 0 Å². The van der Waals surface area contributed by atoms with Gasteiger partial charge >= 0.3 is 0 Å². The van der Waals surface area contributed by atoms with Crippen LogP contribution in [0.2, 0.25) is 0 Å². The maximum absolute atomic E-state index is 2.51. The number of hydrogen-bond donors (Lipinski definition) is 0. The summed E-state index contributed by atoms with van der Waals surface area (Å²) in [6.07, 6.45) is 8.30. The van der Waals surface area contributed by atoms with Crippen molar-refractivity contribution in [3.8, 4) is 0 Å². The Kier molecular flexibility index (Phi) is 4.31. The molecule has 0 unspecified atom stereocenters. The van der Waals surface area contributed by atoms with Crippen LogP contribution in [0.3, 0.4) is 0 Å². The van der Waals surface area contributed by atoms with Crippen molar-refractivity contribution in [2.45, 2.75) is 93.9 Å². The van der Waals surface area contributed by atoms with Crippen LogP contribution in [0.5, 0.6) is 0 Å². The zero-order chi connectivity index (χ0) is 14.2. The van der Waals surface area contributed by atoms with Crippen molar-refractivity contribution in [1.29, 1.82) is 0 Å². The SMILES string of the molecule is CCC(C)(C)CC1(CC(C)(C)CC)CCC1(C)C. The van der Waals surface area contributed by atoms with Crippen LogP contribution < -0.4 is 0 Å². The van der Waals surface area contributed by atoms with Gasteiger partial charge in [0.25, 0.3) is 0 Å². The van der Waals surface area contributed by atoms with Crippen LogP contribution in [-0.4, -0.2) is 0 Å². The van der Waals surface area contributed by atoms with Crippen LogP contribution in [0.1, 0.15) is 93.9 Å². The third-order valence-corrected chi connectivity index (χ3v) is 6.21. The van der Waals surface area contributed by atoms with Crippen LogP contribution >= 0.6 is 0 Å². The zero-order valence-electron chi connectivity index (χ0n) is 14.2. The minimum atomic E-state index is 0.501. The normalized spacial score (nSPS) is 22.7. The summed E-state index contributed by atoms with van der Waals surface area (Å²) in [6.45, 7) is 19.6. The highest BCUT2D eigenvalue weighted by Gasteiger charge is 2.55. The van der Waals surface area contributed by atoms with E-state index in [2.05, 4.69) is 55.4 Å². The summed E-state index contributed by atoms with van der Waals surface area (Å²) >= 11 is 0. The molecule has 18 heavy (non-hydrogen) atoms. The Bertz CT molecular complexity index is 262. The third-order valence-electron chi connectivity index (χ3n) is 6.21. The lowest BCUT2D eigenvalue weighted by Crippen LogP contribution is -2.51. The molecule has 0 amide bonds. The first-order valence-electron chi connectivity index (χ1n) is 7.99. The second-order valence-corrected chi connectivity index (χ2v) is 9.05. The topological polar surface area (TPSA) is 0 Å². The average Bonchev–Trinajstić information content (AvgIpc) is 2.26. The van der Waals surface area contributed by atoms with Gasteiger partial charge in [-0.15, -0.1) is 0 Å². The molecule has 0 bridgehead atoms. The molecule has 0 heterocycles. The molecule has 108 valence electrons. The molecular formula is C18H36. The highest BCUT2D eigenvalue weighted by Crippen LogP contribution is 2.65. The number of hydrogen-bond acceptors (Lipinski definition) is 0. The molecule has 1 aliphatic carbocycles. The molecule has 1 aliphatic rings. The smallest absolute Gasteiger partial charge is 0.0236 e. The summed E-state index contributed by atoms with van der Waals surface area (Å²) in [4.78, 5) is 0. The van der Waals surface area contributed by atoms with E-state index >= 15 is 0 Å². The van der Waals surface area contributed by atoms with E-state index in [-0.39, 0.29) is 0 Å². The number of rotatable bonds is 6. The van der Waals surface area contributed by atoms with Crippen LogP contribution in [-0.2, 0) is 0 Å². The standard InChI is InChI=1S/C18H36/c1-9-15(3,4)13-18(12-11-17(18,7)8)14-16(5,6)10-2/h9-14H2,1-8H3. The molecule has 1 rings (SSSR count). The molecule has 0 radical (unpaired) electrons. The summed E-state index contributed by atoms with van der Waals surface area (Å²) in [5.74, 6) is 0. The van der Waals surface area contributed by atoms with Crippen molar-refractivity contribution >= 4 is 0 Å². The fourth-order valence-electron chi connectivity index (χ4n) is 3.78. The fraction of sp³-hybridized carbons (Fsp3) is 1.00. The van der Waals surface area contributed by atoms with Gasteiger partial charge in [0.2, 0.25) is 0 Å². The molecule has 0 nitrogen and oxygen atoms in total. The first kappa shape index (κ1) is 16.1. The van der Waals surface area contributed by atoms with Crippen molar-refractivity contribution in [3.63, 3.8) is 0 Å². The van der Waals surface area contributed by atoms with Crippen LogP contribution in [0, 0.1) is 21.7 Å². The molecule has 0 saturated heterocycles. The van der Waals surface area contributed by atoms with Gasteiger partial charge in [0.15, 0.2) is 0 Å². The van der Waals surface area contributed by atoms with Gasteiger partial charge in [-0.05, 0) is 47.3 Å². The van der Waals surface area contributed by atoms with Crippen molar-refractivity contribution in [3.05, 3.63) is 0 Å². The quantitative estimate of drug-likeness (QED) is 0.510. The maximum Gasteiger partial charge on any atom is -0.0236 e. The van der Waals surface area contributed by atoms with Gasteiger partial charge < -0.3 is 0 Å². The van der Waals surface area contributed by atoms with Gasteiger partial charge in [0.1, 0.15) is 0 Å². The van der Waals surface area contributed by atoms with E-state index in [9.17, 15) is 0 Å². The Hall–Kier alpha value is 0. The van der Waals surface area contributed by atoms with Gasteiger partial charge in [0, 0.05) is 0 Å². The lowest BCUT2D eigenvalue weighted by atomic mass is 9.44. The highest BCUT2D eigenvalue weighted by molar-refractivity contribution is 5.05. The predicted octanol–water partition coefficient (Wildman–Crippen LogP) is 6.45. The van der Waals surface area contributed by atoms with Gasteiger partial charge in [-0.25, -0.2) is 0 Å². The van der Waals surface area contributed by atoms with Crippen LogP contribution in [0.4, 0.5) is 0 Å². The minimum absolute atomic E-state index is 0.501. The van der Waals surface area contributed by atoms with Crippen LogP contribution in [0.15, 0.2) is 0 Å². The highest BCUT2D eigenvalue weighted by atomic mass is 14.6. The Balaban J connectivity index is 2.92. The largest absolute Gasteiger partial charge is 0.0649 e. The second-order valence-electron chi connectivity index (χ2n) is 9.05. The van der Waals surface area contributed by atoms with E-state index < -0.39 is 0 Å². The summed E-state index contributed by atoms with van der Waals surface area (Å²) in [5.41, 5.74) is 2.14. The lowest BCUT2D eigenvalue weighted by Gasteiger charge is -2.61. The van der Waals surface area contributed by atoms with Gasteiger partial charge in [0.05, 0.1) is 0 Å². The summed E-state index contributed by atoms with van der Waals surface area (Å²) in [5, 5.41) is 0. The molecule has 0 aromatic heterocycles. The van der Waals surface area contributed by atoms with Gasteiger partial charge in [-0.1, -0.05) is 68.2 Å². The first-order chi connectivity index (χ1) is 7.99. The first-order valence-corrected chi connectivity index (χ1v) is 7.99. The van der Waals surface area contributed by atoms with E-state index in [1.807, 2.05) is 0 Å². The van der Waals surface area contributed by atoms with Crippen molar-refractivity contribution in [2.24, 2.45) is 21.7 Å². The third kappa shape index (κ3) is 3.11. The van der Waals surface area contributed by atoms with E-state index in [1.165, 1.54) is 38.5 Å². The molecule has 1 fully saturated rings. The van der Waals surface area contributed by atoms with E-state index in [1.54, 1.807) is 0 Å². The second kappa shape index (κ2) is 4.84. The summed E-state index contributed by atoms with van der Waals surface area (Å²) < 4.78 is 0. The molecule has 0 spiro atoms. The monoisotopic (exact) mass is 252 g/mol. The fourth-order valence-corrected chi connectivity index (χ4v) is 3.78. The van der Waals surface area contributed by atoms with Gasteiger partial charge in [-0.2, -0.15) is 0 Å². The minimum Gasteiger partial charge on any atom is -0.0649 e. The Morgan fingerprint density at radius 2 is 1.17 bits per heavy atom. The predicted molar refractivity (Wildman–Crippen MR) is 82.8 cm³/mol. The Morgan fingerprint density at radius 1 is 0.778 bits per heavy atom. The van der Waals surface area contributed by atoms with E-state index in [4.69, 9.17) is 0 Å². The summed E-state index contributed by atoms with van der Waals surface area (Å²) in [6, 6.07) is 0. The lowest BCUT2D eigenvalue weighted by molar-refractivity contribution is -0.112. The van der Waals surface area contributed by atoms with E-state index in [0.29, 0.717) is 21.7 Å². The molecule has 0 aliphatic heterocycles. The van der Waals surface area contributed by atoms with E-state index in [0.717, 1.165) is 0 Å². The van der Waals surface area contributed by atoms with Crippen molar-refractivity contribution in [1.82, 2.24) is 0 Å². The zero-order valence-corrected chi connectivity index (χ0v) is 14.2. The Labute approximate surface area is 116 Å². The molecule has 0 atom stereocenters.